The van der Waals surface area contributed by atoms with Gasteiger partial charge in [0.1, 0.15) is 35.2 Å². The van der Waals surface area contributed by atoms with Crippen molar-refractivity contribution in [1.29, 1.82) is 0 Å². The summed E-state index contributed by atoms with van der Waals surface area (Å²) in [5.74, 6) is 0.369. The number of phenolic OH excluding ortho intramolecular Hbond substituents is 1. The van der Waals surface area contributed by atoms with Crippen LogP contribution < -0.4 is 9.64 Å². The minimum Gasteiger partial charge on any atom is -0.508 e. The van der Waals surface area contributed by atoms with Gasteiger partial charge in [0.25, 0.3) is 6.08 Å². The maximum atomic E-state index is 17.2. The van der Waals surface area contributed by atoms with Crippen LogP contribution in [0.1, 0.15) is 96.0 Å². The molecule has 0 radical (unpaired) electrons. The molecule has 2 aromatic heterocycles. The quantitative estimate of drug-likeness (QED) is 0.0404. The second-order valence-corrected chi connectivity index (χ2v) is 16.9. The maximum absolute atomic E-state index is 17.2. The molecule has 1 amide bonds. The zero-order valence-corrected chi connectivity index (χ0v) is 34.7. The smallest absolute Gasteiger partial charge is 0.413 e. The van der Waals surface area contributed by atoms with Crippen LogP contribution in [0, 0.1) is 24.0 Å². The van der Waals surface area contributed by atoms with Gasteiger partial charge in [0, 0.05) is 48.8 Å². The Morgan fingerprint density at radius 2 is 1.77 bits per heavy atom. The number of hydrogen-bond acceptors (Lipinski definition) is 11. The van der Waals surface area contributed by atoms with Crippen molar-refractivity contribution < 1.29 is 46.5 Å². The number of esters is 1. The van der Waals surface area contributed by atoms with Crippen molar-refractivity contribution in [1.82, 2.24) is 24.8 Å². The molecule has 1 N–H and O–H groups in total. The summed E-state index contributed by atoms with van der Waals surface area (Å²) < 4.78 is 76.7. The van der Waals surface area contributed by atoms with Gasteiger partial charge in [-0.2, -0.15) is 18.7 Å². The molecule has 16 heteroatoms. The molecule has 4 aromatic rings. The number of carbonyl (C=O) groups excluding carboxylic acids is 2. The Morgan fingerprint density at radius 3 is 2.52 bits per heavy atom. The van der Waals surface area contributed by atoms with E-state index in [0.717, 1.165) is 25.7 Å². The van der Waals surface area contributed by atoms with E-state index in [2.05, 4.69) is 22.8 Å². The largest absolute Gasteiger partial charge is 0.508 e. The van der Waals surface area contributed by atoms with E-state index in [-0.39, 0.29) is 107 Å². The Kier molecular flexibility index (Phi) is 12.7. The topological polar surface area (TPSA) is 130 Å². The third-order valence-electron chi connectivity index (χ3n) is 12.9. The zero-order chi connectivity index (χ0) is 43.5. The SMILES string of the molecule is C#Cc1c(F)ccc2cc(O)cc(-c3ncc4c(N5CC6CCC(C5)N6C(=O)OCOC(=O)CCCCCCCCC)nc(OC[C@@]56CCCN5CC(=C(F)F)C6)nc4c3F)c12. The van der Waals surface area contributed by atoms with E-state index in [9.17, 15) is 23.5 Å². The summed E-state index contributed by atoms with van der Waals surface area (Å²) in [7, 11) is 0. The molecule has 2 aromatic carbocycles. The molecular formula is C46H50F4N6O6. The monoisotopic (exact) mass is 858 g/mol. The van der Waals surface area contributed by atoms with E-state index in [1.165, 1.54) is 49.7 Å². The number of carbonyl (C=O) groups is 2. The molecule has 4 aliphatic rings. The van der Waals surface area contributed by atoms with E-state index in [4.69, 9.17) is 25.6 Å². The van der Waals surface area contributed by atoms with Crippen LogP contribution in [0.5, 0.6) is 11.8 Å². The van der Waals surface area contributed by atoms with Crippen molar-refractivity contribution in [2.75, 3.05) is 44.5 Å². The number of aromatic nitrogens is 3. The first-order valence-corrected chi connectivity index (χ1v) is 21.5. The van der Waals surface area contributed by atoms with Gasteiger partial charge in [0.05, 0.1) is 28.6 Å². The van der Waals surface area contributed by atoms with Gasteiger partial charge in [-0.3, -0.25) is 19.6 Å². The molecule has 0 saturated carbocycles. The van der Waals surface area contributed by atoms with Crippen LogP contribution in [0.15, 0.2) is 42.1 Å². The van der Waals surface area contributed by atoms with Gasteiger partial charge in [0.15, 0.2) is 5.82 Å². The minimum absolute atomic E-state index is 0.0230. The number of ether oxygens (including phenoxy) is 3. The van der Waals surface area contributed by atoms with E-state index in [1.807, 2.05) is 9.80 Å². The van der Waals surface area contributed by atoms with Crippen LogP contribution >= 0.6 is 0 Å². The van der Waals surface area contributed by atoms with Gasteiger partial charge in [-0.1, -0.05) is 57.4 Å². The first-order chi connectivity index (χ1) is 30.0. The molecule has 2 unspecified atom stereocenters. The van der Waals surface area contributed by atoms with E-state index in [1.54, 1.807) is 4.90 Å². The van der Waals surface area contributed by atoms with Gasteiger partial charge in [-0.25, -0.2) is 13.6 Å². The first-order valence-electron chi connectivity index (χ1n) is 21.5. The third kappa shape index (κ3) is 8.56. The van der Waals surface area contributed by atoms with Crippen LogP contribution in [-0.2, 0) is 14.3 Å². The Balaban J connectivity index is 1.05. The summed E-state index contributed by atoms with van der Waals surface area (Å²) in [6.07, 6.45) is 15.3. The predicted molar refractivity (Wildman–Crippen MR) is 224 cm³/mol. The van der Waals surface area contributed by atoms with E-state index >= 15 is 8.78 Å². The summed E-state index contributed by atoms with van der Waals surface area (Å²) in [6.45, 7) is 2.98. The van der Waals surface area contributed by atoms with Crippen molar-refractivity contribution in [2.45, 2.75) is 108 Å². The summed E-state index contributed by atoms with van der Waals surface area (Å²) in [6, 6.07) is 4.42. The molecule has 0 spiro atoms. The molecule has 12 nitrogen and oxygen atoms in total. The van der Waals surface area contributed by atoms with Crippen LogP contribution in [0.2, 0.25) is 0 Å². The number of unbranched alkanes of at least 4 members (excludes halogenated alkanes) is 6. The average Bonchev–Trinajstić information content (AvgIpc) is 3.90. The van der Waals surface area contributed by atoms with Crippen LogP contribution in [0.3, 0.4) is 0 Å². The Labute approximate surface area is 357 Å². The maximum Gasteiger partial charge on any atom is 0.413 e. The Hall–Kier alpha value is -5.69. The van der Waals surface area contributed by atoms with Crippen molar-refractivity contribution >= 4 is 39.6 Å². The number of halogens is 4. The summed E-state index contributed by atoms with van der Waals surface area (Å²) in [4.78, 5) is 45.0. The summed E-state index contributed by atoms with van der Waals surface area (Å²) >= 11 is 0. The van der Waals surface area contributed by atoms with Crippen molar-refractivity contribution in [3.63, 3.8) is 0 Å². The number of terminal acetylenes is 1. The lowest BCUT2D eigenvalue weighted by Gasteiger charge is -2.41. The molecule has 4 saturated heterocycles. The molecule has 2 bridgehead atoms. The van der Waals surface area contributed by atoms with Gasteiger partial charge in [-0.05, 0) is 68.7 Å². The minimum atomic E-state index is -1.70. The lowest BCUT2D eigenvalue weighted by molar-refractivity contribution is -0.152. The van der Waals surface area contributed by atoms with Gasteiger partial charge in [-0.15, -0.1) is 6.42 Å². The molecule has 0 aliphatic carbocycles. The molecule has 4 fully saturated rings. The first kappa shape index (κ1) is 43.0. The molecule has 6 heterocycles. The highest BCUT2D eigenvalue weighted by Gasteiger charge is 2.49. The Bertz CT molecular complexity index is 2430. The zero-order valence-electron chi connectivity index (χ0n) is 34.7. The lowest BCUT2D eigenvalue weighted by atomic mass is 9.94. The normalized spacial score (nSPS) is 20.8. The molecule has 8 rings (SSSR count). The van der Waals surface area contributed by atoms with Gasteiger partial charge < -0.3 is 24.2 Å². The number of phenols is 1. The van der Waals surface area contributed by atoms with Crippen molar-refractivity contribution in [3.05, 3.63) is 59.3 Å². The number of hydrogen-bond donors (Lipinski definition) is 1. The highest BCUT2D eigenvalue weighted by atomic mass is 19.3. The number of piperazine rings is 1. The molecule has 62 heavy (non-hydrogen) atoms. The fourth-order valence-corrected chi connectivity index (χ4v) is 9.83. The standard InChI is InChI=1S/C46H50F4N6O6/c1-3-5-6-7-8-9-10-12-37(58)61-27-62-45(59)56-30-14-15-31(56)25-54(24-30)43-35-22-51-40(34-20-32(57)19-28-13-16-36(47)33(4-2)38(28)34)39(48)41(35)52-44(53-43)60-26-46-17-11-18-55(46)23-29(21-46)42(49)50/h2,13,16,19-20,22,30-31,57H,3,5-12,14-15,17-18,21,23-27H2,1H3/t30?,31?,46-/m0/s1. The Morgan fingerprint density at radius 1 is 1.02 bits per heavy atom. The van der Waals surface area contributed by atoms with Crippen LogP contribution in [-0.4, -0.2) is 99.1 Å². The summed E-state index contributed by atoms with van der Waals surface area (Å²) in [5.41, 5.74) is -1.17. The number of amides is 1. The second kappa shape index (κ2) is 18.3. The lowest BCUT2D eigenvalue weighted by Crippen LogP contribution is -2.56. The molecule has 328 valence electrons. The fraction of sp³-hybridized carbons (Fsp3) is 0.500. The van der Waals surface area contributed by atoms with Gasteiger partial charge in [0.2, 0.25) is 6.79 Å². The number of nitrogens with zero attached hydrogens (tertiary/aromatic N) is 6. The van der Waals surface area contributed by atoms with Crippen LogP contribution in [0.25, 0.3) is 32.9 Å². The number of aromatic hydroxyl groups is 1. The highest BCUT2D eigenvalue weighted by Crippen LogP contribution is 2.44. The number of pyridine rings is 1. The molecule has 3 atom stereocenters. The van der Waals surface area contributed by atoms with Crippen molar-refractivity contribution in [3.8, 4) is 35.4 Å². The van der Waals surface area contributed by atoms with E-state index in [0.29, 0.717) is 37.6 Å². The fourth-order valence-electron chi connectivity index (χ4n) is 9.83. The van der Waals surface area contributed by atoms with Crippen molar-refractivity contribution in [2.24, 2.45) is 0 Å². The highest BCUT2D eigenvalue weighted by molar-refractivity contribution is 6.03. The van der Waals surface area contributed by atoms with Crippen LogP contribution in [0.4, 0.5) is 28.2 Å². The predicted octanol–water partition coefficient (Wildman–Crippen LogP) is 9.01. The van der Waals surface area contributed by atoms with E-state index < -0.39 is 42.1 Å². The summed E-state index contributed by atoms with van der Waals surface area (Å²) in [5, 5.41) is 11.4. The molecular weight excluding hydrogens is 809 g/mol. The average molecular weight is 859 g/mol. The number of anilines is 1. The number of benzene rings is 2. The second-order valence-electron chi connectivity index (χ2n) is 16.9. The number of rotatable bonds is 15. The van der Waals surface area contributed by atoms with Gasteiger partial charge >= 0.3 is 18.1 Å². The molecule has 4 aliphatic heterocycles. The third-order valence-corrected chi connectivity index (χ3v) is 12.9. The number of fused-ring (bicyclic) bond motifs is 5.